The number of benzene rings is 2. The SMILES string of the molecule is Cc1nc2ccccc2c(=O)n1Cc1noc(-c2ccccc2Cl)n1. The van der Waals surface area contributed by atoms with Crippen molar-refractivity contribution in [1.29, 1.82) is 0 Å². The van der Waals surface area contributed by atoms with E-state index in [1.54, 1.807) is 25.1 Å². The normalized spacial score (nSPS) is 11.1. The monoisotopic (exact) mass is 352 g/mol. The quantitative estimate of drug-likeness (QED) is 0.564. The Labute approximate surface area is 147 Å². The third kappa shape index (κ3) is 2.81. The summed E-state index contributed by atoms with van der Waals surface area (Å²) < 4.78 is 6.82. The molecule has 7 heteroatoms. The van der Waals surface area contributed by atoms with Gasteiger partial charge in [-0.25, -0.2) is 4.98 Å². The van der Waals surface area contributed by atoms with Crippen LogP contribution >= 0.6 is 11.6 Å². The van der Waals surface area contributed by atoms with Crippen molar-refractivity contribution < 1.29 is 4.52 Å². The van der Waals surface area contributed by atoms with Crippen LogP contribution in [0.4, 0.5) is 0 Å². The largest absolute Gasteiger partial charge is 0.334 e. The number of hydrogen-bond acceptors (Lipinski definition) is 5. The number of rotatable bonds is 3. The lowest BCUT2D eigenvalue weighted by Gasteiger charge is -2.08. The zero-order valence-corrected chi connectivity index (χ0v) is 14.1. The first kappa shape index (κ1) is 15.5. The second kappa shape index (κ2) is 6.14. The third-order valence-electron chi connectivity index (χ3n) is 3.92. The molecule has 0 atom stereocenters. The lowest BCUT2D eigenvalue weighted by Crippen LogP contribution is -2.24. The molecule has 0 saturated carbocycles. The summed E-state index contributed by atoms with van der Waals surface area (Å²) in [5.74, 6) is 1.30. The molecule has 2 heterocycles. The number of halogens is 1. The van der Waals surface area contributed by atoms with Gasteiger partial charge >= 0.3 is 0 Å². The second-order valence-corrected chi connectivity index (χ2v) is 5.97. The second-order valence-electron chi connectivity index (χ2n) is 5.56. The van der Waals surface area contributed by atoms with Gasteiger partial charge in [-0.15, -0.1) is 0 Å². The lowest BCUT2D eigenvalue weighted by molar-refractivity contribution is 0.419. The van der Waals surface area contributed by atoms with Gasteiger partial charge in [0.05, 0.1) is 28.0 Å². The molecule has 4 aromatic rings. The van der Waals surface area contributed by atoms with Crippen LogP contribution in [0.5, 0.6) is 0 Å². The summed E-state index contributed by atoms with van der Waals surface area (Å²) in [7, 11) is 0. The highest BCUT2D eigenvalue weighted by molar-refractivity contribution is 6.33. The minimum absolute atomic E-state index is 0.132. The van der Waals surface area contributed by atoms with Crippen molar-refractivity contribution in [3.8, 4) is 11.5 Å². The third-order valence-corrected chi connectivity index (χ3v) is 4.25. The maximum atomic E-state index is 12.7. The van der Waals surface area contributed by atoms with Gasteiger partial charge in [0.2, 0.25) is 0 Å². The van der Waals surface area contributed by atoms with Gasteiger partial charge in [0.25, 0.3) is 11.4 Å². The van der Waals surface area contributed by atoms with Gasteiger partial charge in [0.15, 0.2) is 5.82 Å². The van der Waals surface area contributed by atoms with Crippen LogP contribution in [-0.4, -0.2) is 19.7 Å². The van der Waals surface area contributed by atoms with Crippen LogP contribution in [0.15, 0.2) is 57.8 Å². The van der Waals surface area contributed by atoms with Crippen molar-refractivity contribution in [2.24, 2.45) is 0 Å². The summed E-state index contributed by atoms with van der Waals surface area (Å²) in [6, 6.07) is 14.5. The van der Waals surface area contributed by atoms with E-state index in [1.807, 2.05) is 30.3 Å². The zero-order valence-electron chi connectivity index (χ0n) is 13.3. The lowest BCUT2D eigenvalue weighted by atomic mass is 10.2. The predicted octanol–water partition coefficient (Wildman–Crippen LogP) is 3.46. The maximum absolute atomic E-state index is 12.7. The molecule has 0 aliphatic heterocycles. The molecule has 2 aromatic heterocycles. The smallest absolute Gasteiger partial charge is 0.261 e. The first-order chi connectivity index (χ1) is 12.1. The Morgan fingerprint density at radius 3 is 2.68 bits per heavy atom. The summed E-state index contributed by atoms with van der Waals surface area (Å²) in [6.07, 6.45) is 0. The standard InChI is InChI=1S/C18H13ClN4O2/c1-11-20-15-9-5-3-7-13(15)18(24)23(11)10-16-21-17(25-22-16)12-6-2-4-8-14(12)19/h2-9H,10H2,1H3. The van der Waals surface area contributed by atoms with E-state index >= 15 is 0 Å². The summed E-state index contributed by atoms with van der Waals surface area (Å²) in [4.78, 5) is 21.5. The van der Waals surface area contributed by atoms with Gasteiger partial charge in [-0.2, -0.15) is 4.98 Å². The number of aromatic nitrogens is 4. The van der Waals surface area contributed by atoms with Gasteiger partial charge in [0, 0.05) is 0 Å². The summed E-state index contributed by atoms with van der Waals surface area (Å²) >= 11 is 6.15. The van der Waals surface area contributed by atoms with E-state index in [2.05, 4.69) is 15.1 Å². The molecule has 0 aliphatic rings. The Hall–Kier alpha value is -2.99. The molecule has 0 unspecified atom stereocenters. The molecule has 124 valence electrons. The zero-order chi connectivity index (χ0) is 17.4. The molecule has 0 N–H and O–H groups in total. The molecule has 4 rings (SSSR count). The van der Waals surface area contributed by atoms with Crippen molar-refractivity contribution in [3.05, 3.63) is 75.6 Å². The van der Waals surface area contributed by atoms with E-state index in [-0.39, 0.29) is 12.1 Å². The minimum atomic E-state index is -0.132. The molecule has 0 aliphatic carbocycles. The van der Waals surface area contributed by atoms with Gasteiger partial charge in [-0.1, -0.05) is 41.0 Å². The highest BCUT2D eigenvalue weighted by Crippen LogP contribution is 2.25. The molecule has 6 nitrogen and oxygen atoms in total. The first-order valence-corrected chi connectivity index (χ1v) is 8.05. The van der Waals surface area contributed by atoms with Gasteiger partial charge in [-0.05, 0) is 31.2 Å². The number of fused-ring (bicyclic) bond motifs is 1. The predicted molar refractivity (Wildman–Crippen MR) is 94.6 cm³/mol. The Kier molecular flexibility index (Phi) is 3.82. The Balaban J connectivity index is 1.73. The summed E-state index contributed by atoms with van der Waals surface area (Å²) in [5, 5.41) is 5.04. The highest BCUT2D eigenvalue weighted by atomic mass is 35.5. The van der Waals surface area contributed by atoms with Gasteiger partial charge in [-0.3, -0.25) is 9.36 Å². The van der Waals surface area contributed by atoms with E-state index in [0.29, 0.717) is 39.0 Å². The fraction of sp³-hybridized carbons (Fsp3) is 0.111. The number of para-hydroxylation sites is 1. The molecular formula is C18H13ClN4O2. The van der Waals surface area contributed by atoms with E-state index < -0.39 is 0 Å². The van der Waals surface area contributed by atoms with Crippen molar-refractivity contribution >= 4 is 22.5 Å². The molecule has 0 saturated heterocycles. The van der Waals surface area contributed by atoms with Crippen LogP contribution in [-0.2, 0) is 6.54 Å². The molecule has 0 radical (unpaired) electrons. The van der Waals surface area contributed by atoms with Gasteiger partial charge in [0.1, 0.15) is 5.82 Å². The molecule has 25 heavy (non-hydrogen) atoms. The van der Waals surface area contributed by atoms with E-state index in [0.717, 1.165) is 0 Å². The van der Waals surface area contributed by atoms with Crippen LogP contribution in [0.3, 0.4) is 0 Å². The van der Waals surface area contributed by atoms with Crippen LogP contribution < -0.4 is 5.56 Å². The van der Waals surface area contributed by atoms with Crippen LogP contribution in [0.2, 0.25) is 5.02 Å². The average molecular weight is 353 g/mol. The van der Waals surface area contributed by atoms with Crippen molar-refractivity contribution in [2.45, 2.75) is 13.5 Å². The molecule has 0 fully saturated rings. The summed E-state index contributed by atoms with van der Waals surface area (Å²) in [6.45, 7) is 1.96. The molecule has 0 amide bonds. The van der Waals surface area contributed by atoms with Crippen molar-refractivity contribution in [2.75, 3.05) is 0 Å². The summed E-state index contributed by atoms with van der Waals surface area (Å²) in [5.41, 5.74) is 1.20. The molecule has 0 spiro atoms. The van der Waals surface area contributed by atoms with Crippen LogP contribution in [0.25, 0.3) is 22.4 Å². The topological polar surface area (TPSA) is 73.8 Å². The Morgan fingerprint density at radius 1 is 1.08 bits per heavy atom. The van der Waals surface area contributed by atoms with E-state index in [9.17, 15) is 4.79 Å². The number of aryl methyl sites for hydroxylation is 1. The number of hydrogen-bond donors (Lipinski definition) is 0. The molecule has 2 aromatic carbocycles. The fourth-order valence-electron chi connectivity index (χ4n) is 2.67. The van der Waals surface area contributed by atoms with Crippen LogP contribution in [0.1, 0.15) is 11.6 Å². The first-order valence-electron chi connectivity index (χ1n) is 7.67. The number of nitrogens with zero attached hydrogens (tertiary/aromatic N) is 4. The van der Waals surface area contributed by atoms with Gasteiger partial charge < -0.3 is 4.52 Å². The molecule has 0 bridgehead atoms. The van der Waals surface area contributed by atoms with E-state index in [1.165, 1.54) is 4.57 Å². The highest BCUT2D eigenvalue weighted by Gasteiger charge is 2.14. The van der Waals surface area contributed by atoms with Crippen molar-refractivity contribution in [3.63, 3.8) is 0 Å². The van der Waals surface area contributed by atoms with Crippen LogP contribution in [0, 0.1) is 6.92 Å². The van der Waals surface area contributed by atoms with Crippen molar-refractivity contribution in [1.82, 2.24) is 19.7 Å². The molecular weight excluding hydrogens is 340 g/mol. The average Bonchev–Trinajstić information content (AvgIpc) is 3.07. The Morgan fingerprint density at radius 2 is 1.84 bits per heavy atom. The van der Waals surface area contributed by atoms with E-state index in [4.69, 9.17) is 16.1 Å². The minimum Gasteiger partial charge on any atom is -0.334 e. The Bertz CT molecular complexity index is 1130. The fourth-order valence-corrected chi connectivity index (χ4v) is 2.89. The maximum Gasteiger partial charge on any atom is 0.261 e.